The van der Waals surface area contributed by atoms with E-state index in [9.17, 15) is 19.5 Å². The maximum atomic E-state index is 15.3. The number of carbonyl (C=O) groups is 1. The first-order chi connectivity index (χ1) is 20.0. The summed E-state index contributed by atoms with van der Waals surface area (Å²) in [5, 5.41) is 12.4. The highest BCUT2D eigenvalue weighted by Gasteiger charge is 2.20. The molecular weight excluding hydrogens is 563 g/mol. The number of hydrogen-bond acceptors (Lipinski definition) is 6. The van der Waals surface area contributed by atoms with Crippen molar-refractivity contribution < 1.29 is 19.0 Å². The molecular formula is C31H32ClFN4O5. The van der Waals surface area contributed by atoms with Crippen LogP contribution in [0.15, 0.2) is 64.3 Å². The van der Waals surface area contributed by atoms with E-state index in [1.807, 2.05) is 25.1 Å². The lowest BCUT2D eigenvalue weighted by molar-refractivity contribution is 0.102. The van der Waals surface area contributed by atoms with Gasteiger partial charge in [0.15, 0.2) is 0 Å². The van der Waals surface area contributed by atoms with E-state index in [-0.39, 0.29) is 18.7 Å². The molecule has 1 aromatic heterocycles. The van der Waals surface area contributed by atoms with E-state index in [4.69, 9.17) is 16.3 Å². The fourth-order valence-electron chi connectivity index (χ4n) is 4.80. The molecule has 0 aliphatic carbocycles. The second kappa shape index (κ2) is 12.7. The molecule has 9 nitrogen and oxygen atoms in total. The second-order valence-electron chi connectivity index (χ2n) is 10.0. The van der Waals surface area contributed by atoms with Gasteiger partial charge in [-0.2, -0.15) is 0 Å². The molecule has 4 rings (SSSR count). The fraction of sp³-hybridized carbons (Fsp3) is 0.258. The van der Waals surface area contributed by atoms with E-state index in [0.717, 1.165) is 10.1 Å². The van der Waals surface area contributed by atoms with Gasteiger partial charge in [0.25, 0.3) is 11.5 Å². The average molecular weight is 595 g/mol. The number of hydrogen-bond donors (Lipinski definition) is 2. The first kappa shape index (κ1) is 30.7. The predicted octanol–water partition coefficient (Wildman–Crippen LogP) is 4.20. The number of carbonyl (C=O) groups excluding carboxylic acids is 1. The van der Waals surface area contributed by atoms with E-state index in [1.165, 1.54) is 38.0 Å². The summed E-state index contributed by atoms with van der Waals surface area (Å²) in [6, 6.07) is 13.9. The zero-order valence-electron chi connectivity index (χ0n) is 24.0. The summed E-state index contributed by atoms with van der Waals surface area (Å²) in [5.74, 6) is -0.749. The molecule has 4 aromatic rings. The summed E-state index contributed by atoms with van der Waals surface area (Å²) >= 11 is 6.92. The Hall–Kier alpha value is -4.25. The van der Waals surface area contributed by atoms with Crippen LogP contribution in [-0.2, 0) is 20.6 Å². The van der Waals surface area contributed by atoms with E-state index in [1.54, 1.807) is 36.2 Å². The largest absolute Gasteiger partial charge is 0.496 e. The lowest BCUT2D eigenvalue weighted by Crippen LogP contribution is -2.40. The van der Waals surface area contributed by atoms with Gasteiger partial charge in [-0.1, -0.05) is 41.9 Å². The zero-order chi connectivity index (χ0) is 30.7. The Morgan fingerprint density at radius 1 is 1.10 bits per heavy atom. The van der Waals surface area contributed by atoms with Crippen molar-refractivity contribution in [1.29, 1.82) is 0 Å². The summed E-state index contributed by atoms with van der Waals surface area (Å²) < 4.78 is 22.9. The number of aryl methyl sites for hydroxylation is 1. The monoisotopic (exact) mass is 594 g/mol. The maximum Gasteiger partial charge on any atom is 0.330 e. The van der Waals surface area contributed by atoms with Crippen molar-refractivity contribution in [3.05, 3.63) is 103 Å². The Morgan fingerprint density at radius 2 is 1.76 bits per heavy atom. The third-order valence-corrected chi connectivity index (χ3v) is 7.56. The van der Waals surface area contributed by atoms with Crippen molar-refractivity contribution in [3.8, 4) is 28.0 Å². The summed E-state index contributed by atoms with van der Waals surface area (Å²) in [6.07, 6.45) is 1.21. The van der Waals surface area contributed by atoms with Crippen LogP contribution in [0.3, 0.4) is 0 Å². The number of methoxy groups -OCH3 is 1. The lowest BCUT2D eigenvalue weighted by atomic mass is 9.94. The van der Waals surface area contributed by atoms with Crippen LogP contribution in [0.5, 0.6) is 5.75 Å². The number of nitrogens with zero attached hydrogens (tertiary/aromatic N) is 3. The van der Waals surface area contributed by atoms with Crippen LogP contribution < -0.4 is 21.3 Å². The number of likely N-dealkylation sites (N-methyl/N-ethyl adjacent to an activating group) is 1. The number of halogens is 2. The van der Waals surface area contributed by atoms with E-state index < -0.39 is 23.0 Å². The number of aliphatic hydroxyl groups excluding tert-OH is 1. The predicted molar refractivity (Wildman–Crippen MR) is 162 cm³/mol. The highest BCUT2D eigenvalue weighted by Crippen LogP contribution is 2.41. The number of aromatic nitrogens is 2. The van der Waals surface area contributed by atoms with Gasteiger partial charge in [-0.05, 0) is 48.9 Å². The van der Waals surface area contributed by atoms with E-state index in [0.29, 0.717) is 50.8 Å². The number of amides is 1. The molecule has 0 spiro atoms. The smallest absolute Gasteiger partial charge is 0.330 e. The molecule has 1 heterocycles. The van der Waals surface area contributed by atoms with Gasteiger partial charge < -0.3 is 19.7 Å². The Morgan fingerprint density at radius 3 is 2.45 bits per heavy atom. The van der Waals surface area contributed by atoms with Crippen LogP contribution in [0, 0.1) is 12.7 Å². The van der Waals surface area contributed by atoms with E-state index >= 15 is 4.39 Å². The van der Waals surface area contributed by atoms with Gasteiger partial charge in [-0.3, -0.25) is 19.1 Å². The van der Waals surface area contributed by atoms with Crippen molar-refractivity contribution in [2.45, 2.75) is 13.5 Å². The Balaban J connectivity index is 1.72. The number of anilines is 1. The van der Waals surface area contributed by atoms with Gasteiger partial charge in [-0.25, -0.2) is 9.18 Å². The van der Waals surface area contributed by atoms with Crippen LogP contribution in [0.2, 0.25) is 5.02 Å². The SMILES string of the molecule is COc1cc(-c2cccc(-c3cccc(NC(=O)c4cn(C)c(=O)n(C)c4=O)c3C)c2Cl)cc(F)c1CN(C)CCO. The Labute approximate surface area is 247 Å². The number of benzene rings is 3. The summed E-state index contributed by atoms with van der Waals surface area (Å²) in [4.78, 5) is 39.4. The van der Waals surface area contributed by atoms with Gasteiger partial charge in [0.05, 0.1) is 18.7 Å². The molecule has 0 atom stereocenters. The van der Waals surface area contributed by atoms with Gasteiger partial charge in [0.2, 0.25) is 0 Å². The standard InChI is InChI=1S/C31H32ClFN4O5/c1-18-20(8-7-11-26(18)34-29(39)24-17-36(3)31(41)37(4)30(24)40)22-10-6-9-21(28(22)32)19-14-25(33)23(27(15-19)42-5)16-35(2)12-13-38/h6-11,14-15,17,38H,12-13,16H2,1-5H3,(H,34,39). The summed E-state index contributed by atoms with van der Waals surface area (Å²) in [5.41, 5.74) is 2.61. The second-order valence-corrected chi connectivity index (χ2v) is 10.4. The molecule has 2 N–H and O–H groups in total. The molecule has 220 valence electrons. The van der Waals surface area contributed by atoms with Crippen LogP contribution >= 0.6 is 11.6 Å². The van der Waals surface area contributed by atoms with Gasteiger partial charge in [0.1, 0.15) is 17.1 Å². The Bertz CT molecular complexity index is 1780. The first-order valence-electron chi connectivity index (χ1n) is 13.1. The van der Waals surface area contributed by atoms with Crippen molar-refractivity contribution in [3.63, 3.8) is 0 Å². The quantitative estimate of drug-likeness (QED) is 0.301. The summed E-state index contributed by atoms with van der Waals surface area (Å²) in [6.45, 7) is 2.41. The van der Waals surface area contributed by atoms with E-state index in [2.05, 4.69) is 5.32 Å². The topological polar surface area (TPSA) is 106 Å². The first-order valence-corrected chi connectivity index (χ1v) is 13.5. The minimum absolute atomic E-state index is 0.0447. The molecule has 0 aliphatic heterocycles. The molecule has 1 amide bonds. The molecule has 0 aliphatic rings. The van der Waals surface area contributed by atoms with Crippen LogP contribution in [0.4, 0.5) is 10.1 Å². The number of ether oxygens (including phenoxy) is 1. The van der Waals surface area contributed by atoms with Crippen LogP contribution in [0.25, 0.3) is 22.3 Å². The minimum atomic E-state index is -0.700. The molecule has 0 bridgehead atoms. The van der Waals surface area contributed by atoms with Crippen LogP contribution in [-0.4, -0.2) is 52.4 Å². The van der Waals surface area contributed by atoms with Gasteiger partial charge in [0, 0.05) is 55.8 Å². The highest BCUT2D eigenvalue weighted by molar-refractivity contribution is 6.36. The van der Waals surface area contributed by atoms with Gasteiger partial charge in [-0.15, -0.1) is 0 Å². The molecule has 0 fully saturated rings. The lowest BCUT2D eigenvalue weighted by Gasteiger charge is -2.19. The third-order valence-electron chi connectivity index (χ3n) is 7.16. The van der Waals surface area contributed by atoms with Gasteiger partial charge >= 0.3 is 5.69 Å². The number of nitrogens with one attached hydrogen (secondary N) is 1. The Kier molecular flexibility index (Phi) is 9.30. The van der Waals surface area contributed by atoms with Crippen molar-refractivity contribution in [2.75, 3.05) is 32.6 Å². The molecule has 0 radical (unpaired) electrons. The number of rotatable bonds is 9. The number of aliphatic hydroxyl groups is 1. The normalized spacial score (nSPS) is 11.2. The molecule has 42 heavy (non-hydrogen) atoms. The maximum absolute atomic E-state index is 15.3. The zero-order valence-corrected chi connectivity index (χ0v) is 24.8. The molecule has 0 saturated heterocycles. The molecule has 3 aromatic carbocycles. The molecule has 0 unspecified atom stereocenters. The summed E-state index contributed by atoms with van der Waals surface area (Å²) in [7, 11) is 6.03. The van der Waals surface area contributed by atoms with Crippen molar-refractivity contribution in [2.24, 2.45) is 14.1 Å². The minimum Gasteiger partial charge on any atom is -0.496 e. The molecule has 0 saturated carbocycles. The average Bonchev–Trinajstić information content (AvgIpc) is 2.96. The van der Waals surface area contributed by atoms with Crippen LogP contribution in [0.1, 0.15) is 21.5 Å². The van der Waals surface area contributed by atoms with Crippen molar-refractivity contribution in [1.82, 2.24) is 14.0 Å². The third kappa shape index (κ3) is 6.01. The fourth-order valence-corrected chi connectivity index (χ4v) is 5.14. The highest BCUT2D eigenvalue weighted by atomic mass is 35.5. The molecule has 11 heteroatoms. The van der Waals surface area contributed by atoms with Crippen molar-refractivity contribution >= 4 is 23.2 Å².